The van der Waals surface area contributed by atoms with Crippen LogP contribution in [0.25, 0.3) is 0 Å². The highest BCUT2D eigenvalue weighted by Crippen LogP contribution is 2.70. The molecule has 8 nitrogen and oxygen atoms in total. The molecule has 7 rings (SSSR count). The standard InChI is InChI=1S/C34H40N2O6/c1-32-11-9-23(38)15-22(32)7-8-24-25-16-28-34(27(40)18-37,33(25,2)17-26(39)30(24)32)42-31(41-28)21-5-3-19(4-6-21)13-20-10-12-36-29(35)14-20/h3-6,9-11,14-15,24-26,28,30-31,36-37,39H,7-8,12-13,16-18,35H2,1-2H3/t24-,25-,26-,28+,30+,31+,32-,33-,34+/m0/s1. The molecule has 0 spiro atoms. The van der Waals surface area contributed by atoms with Crippen LogP contribution in [0, 0.1) is 28.6 Å². The highest BCUT2D eigenvalue weighted by Gasteiger charge is 2.75. The van der Waals surface area contributed by atoms with E-state index >= 15 is 0 Å². The second-order valence-electron chi connectivity index (χ2n) is 13.5. The van der Waals surface area contributed by atoms with Gasteiger partial charge in [-0.05, 0) is 73.3 Å². The Hall–Kier alpha value is -3.04. The number of nitrogens with two attached hydrogens (primary N) is 1. The van der Waals surface area contributed by atoms with E-state index in [1.165, 1.54) is 0 Å². The Morgan fingerprint density at radius 3 is 2.71 bits per heavy atom. The minimum Gasteiger partial charge on any atom is -0.393 e. The van der Waals surface area contributed by atoms with E-state index in [9.17, 15) is 19.8 Å². The molecule has 0 aromatic heterocycles. The summed E-state index contributed by atoms with van der Waals surface area (Å²) in [7, 11) is 0. The van der Waals surface area contributed by atoms with Gasteiger partial charge < -0.3 is 30.7 Å². The Kier molecular flexibility index (Phi) is 6.44. The summed E-state index contributed by atoms with van der Waals surface area (Å²) in [5.41, 5.74) is 7.64. The van der Waals surface area contributed by atoms with Crippen LogP contribution in [0.5, 0.6) is 0 Å². The van der Waals surface area contributed by atoms with Gasteiger partial charge in [0.2, 0.25) is 0 Å². The van der Waals surface area contributed by atoms with Gasteiger partial charge in [-0.25, -0.2) is 0 Å². The van der Waals surface area contributed by atoms with Gasteiger partial charge in [0.1, 0.15) is 6.61 Å². The number of ether oxygens (including phenoxy) is 2. The number of Topliss-reactive ketones (excluding diaryl/α,β-unsaturated/α-hetero) is 1. The smallest absolute Gasteiger partial charge is 0.193 e. The molecule has 0 radical (unpaired) electrons. The van der Waals surface area contributed by atoms with Crippen LogP contribution in [0.2, 0.25) is 0 Å². The predicted octanol–water partition coefficient (Wildman–Crippen LogP) is 3.16. The second-order valence-corrected chi connectivity index (χ2v) is 13.5. The lowest BCUT2D eigenvalue weighted by Gasteiger charge is -2.59. The summed E-state index contributed by atoms with van der Waals surface area (Å²) in [5, 5.41) is 25.1. The number of hydrogen-bond donors (Lipinski definition) is 4. The van der Waals surface area contributed by atoms with Crippen LogP contribution in [-0.4, -0.2) is 52.7 Å². The number of nitrogens with one attached hydrogen (secondary N) is 1. The van der Waals surface area contributed by atoms with Gasteiger partial charge >= 0.3 is 0 Å². The van der Waals surface area contributed by atoms with Gasteiger partial charge in [-0.1, -0.05) is 55.8 Å². The molecule has 0 unspecified atom stereocenters. The molecule has 5 N–H and O–H groups in total. The molecule has 6 aliphatic rings. The highest BCUT2D eigenvalue weighted by molar-refractivity contribution is 6.01. The first kappa shape index (κ1) is 27.8. The van der Waals surface area contributed by atoms with E-state index in [4.69, 9.17) is 15.2 Å². The third kappa shape index (κ3) is 3.88. The number of carbonyl (C=O) groups excluding carboxylic acids is 2. The lowest BCUT2D eigenvalue weighted by molar-refractivity contribution is -0.201. The third-order valence-corrected chi connectivity index (χ3v) is 11.5. The van der Waals surface area contributed by atoms with Crippen molar-refractivity contribution in [2.24, 2.45) is 34.3 Å². The summed E-state index contributed by atoms with van der Waals surface area (Å²) >= 11 is 0. The van der Waals surface area contributed by atoms with Crippen molar-refractivity contribution >= 4 is 11.6 Å². The van der Waals surface area contributed by atoms with Crippen LogP contribution < -0.4 is 11.1 Å². The van der Waals surface area contributed by atoms with Gasteiger partial charge in [0, 0.05) is 28.9 Å². The van der Waals surface area contributed by atoms with Crippen LogP contribution in [0.15, 0.2) is 71.6 Å². The largest absolute Gasteiger partial charge is 0.393 e. The number of aliphatic hydroxyl groups excluding tert-OH is 2. The Balaban J connectivity index is 1.17. The van der Waals surface area contributed by atoms with Crippen LogP contribution in [0.1, 0.15) is 56.9 Å². The van der Waals surface area contributed by atoms with Crippen molar-refractivity contribution in [3.05, 3.63) is 82.7 Å². The van der Waals surface area contributed by atoms with Gasteiger partial charge in [0.15, 0.2) is 23.5 Å². The molecule has 2 heterocycles. The Bertz CT molecular complexity index is 1440. The first-order chi connectivity index (χ1) is 20.1. The molecule has 1 saturated heterocycles. The van der Waals surface area contributed by atoms with Gasteiger partial charge in [0.05, 0.1) is 18.0 Å². The molecule has 222 valence electrons. The number of aliphatic hydroxyl groups is 2. The van der Waals surface area contributed by atoms with Crippen LogP contribution in [0.3, 0.4) is 0 Å². The number of hydrogen-bond acceptors (Lipinski definition) is 8. The predicted molar refractivity (Wildman–Crippen MR) is 155 cm³/mol. The number of rotatable bonds is 5. The van der Waals surface area contributed by atoms with Crippen LogP contribution in [0.4, 0.5) is 0 Å². The zero-order valence-corrected chi connectivity index (χ0v) is 24.2. The minimum absolute atomic E-state index is 0.00439. The zero-order chi connectivity index (χ0) is 29.4. The van der Waals surface area contributed by atoms with Crippen LogP contribution >= 0.6 is 0 Å². The van der Waals surface area contributed by atoms with Crippen molar-refractivity contribution in [3.8, 4) is 0 Å². The first-order valence-electron chi connectivity index (χ1n) is 15.2. The molecule has 42 heavy (non-hydrogen) atoms. The number of carbonyl (C=O) groups is 2. The molecule has 1 aromatic carbocycles. The number of fused-ring (bicyclic) bond motifs is 7. The number of benzene rings is 1. The Morgan fingerprint density at radius 1 is 1.19 bits per heavy atom. The molecule has 2 aliphatic heterocycles. The molecule has 8 heteroatoms. The zero-order valence-electron chi connectivity index (χ0n) is 24.2. The molecule has 1 aromatic rings. The van der Waals surface area contributed by atoms with E-state index < -0.39 is 41.5 Å². The average Bonchev–Trinajstić information content (AvgIpc) is 3.46. The van der Waals surface area contributed by atoms with E-state index in [0.29, 0.717) is 25.2 Å². The van der Waals surface area contributed by atoms with Gasteiger partial charge in [-0.3, -0.25) is 9.59 Å². The van der Waals surface area contributed by atoms with Crippen molar-refractivity contribution in [2.75, 3.05) is 13.2 Å². The van der Waals surface area contributed by atoms with Crippen LogP contribution in [-0.2, 0) is 25.5 Å². The SMILES string of the molecule is C[C@]12C=CC(=O)C=C1CC[C@@H]1[C@@H]2[C@@H](O)C[C@@]2(C)[C@H]1C[C@H]1O[C@@H](c3ccc(CC4=CCNC(N)=C4)cc3)O[C@]12C(=O)CO. The fourth-order valence-corrected chi connectivity index (χ4v) is 9.60. The number of ketones is 2. The maximum Gasteiger partial charge on any atom is 0.193 e. The summed E-state index contributed by atoms with van der Waals surface area (Å²) < 4.78 is 13.3. The fraction of sp³-hybridized carbons (Fsp3) is 0.529. The molecule has 3 saturated carbocycles. The normalized spacial score (nSPS) is 41.9. The summed E-state index contributed by atoms with van der Waals surface area (Å²) in [6.45, 7) is 4.26. The molecule has 4 fully saturated rings. The van der Waals surface area contributed by atoms with E-state index in [1.807, 2.05) is 36.4 Å². The van der Waals surface area contributed by atoms with E-state index in [2.05, 4.69) is 25.2 Å². The summed E-state index contributed by atoms with van der Waals surface area (Å²) in [6.07, 6.45) is 10.8. The molecular weight excluding hydrogens is 532 g/mol. The van der Waals surface area contributed by atoms with Crippen molar-refractivity contribution < 1.29 is 29.3 Å². The van der Waals surface area contributed by atoms with E-state index in [0.717, 1.165) is 41.5 Å². The minimum atomic E-state index is -1.35. The first-order valence-corrected chi connectivity index (χ1v) is 15.2. The van der Waals surface area contributed by atoms with Crippen molar-refractivity contribution in [1.29, 1.82) is 0 Å². The lowest BCUT2D eigenvalue weighted by atomic mass is 9.46. The fourth-order valence-electron chi connectivity index (χ4n) is 9.60. The summed E-state index contributed by atoms with van der Waals surface area (Å²) in [6, 6.07) is 8.04. The molecular formula is C34H40N2O6. The number of dihydropyridines is 1. The molecule has 0 amide bonds. The Labute approximate surface area is 246 Å². The quantitative estimate of drug-likeness (QED) is 0.423. The topological polar surface area (TPSA) is 131 Å². The van der Waals surface area contributed by atoms with E-state index in [-0.39, 0.29) is 29.3 Å². The van der Waals surface area contributed by atoms with E-state index in [1.54, 1.807) is 12.2 Å². The van der Waals surface area contributed by atoms with Crippen molar-refractivity contribution in [3.63, 3.8) is 0 Å². The average molecular weight is 573 g/mol. The van der Waals surface area contributed by atoms with Crippen molar-refractivity contribution in [2.45, 2.75) is 70.1 Å². The molecule has 9 atom stereocenters. The van der Waals surface area contributed by atoms with Gasteiger partial charge in [-0.2, -0.15) is 0 Å². The monoisotopic (exact) mass is 572 g/mol. The summed E-state index contributed by atoms with van der Waals surface area (Å²) in [5.74, 6) is 0.421. The second kappa shape index (κ2) is 9.74. The summed E-state index contributed by atoms with van der Waals surface area (Å²) in [4.78, 5) is 25.9. The number of allylic oxidation sites excluding steroid dienone is 6. The molecule has 4 aliphatic carbocycles. The Morgan fingerprint density at radius 2 is 1.98 bits per heavy atom. The maximum atomic E-state index is 13.7. The van der Waals surface area contributed by atoms with Crippen molar-refractivity contribution in [1.82, 2.24) is 5.32 Å². The highest BCUT2D eigenvalue weighted by atomic mass is 16.7. The lowest BCUT2D eigenvalue weighted by Crippen LogP contribution is -2.63. The third-order valence-electron chi connectivity index (χ3n) is 11.5. The maximum absolute atomic E-state index is 13.7. The van der Waals surface area contributed by atoms with Gasteiger partial charge in [-0.15, -0.1) is 0 Å². The molecule has 0 bridgehead atoms. The van der Waals surface area contributed by atoms with Gasteiger partial charge in [0.25, 0.3) is 0 Å².